The highest BCUT2D eigenvalue weighted by Crippen LogP contribution is 2.33. The summed E-state index contributed by atoms with van der Waals surface area (Å²) in [4.78, 5) is 0. The average Bonchev–Trinajstić information content (AvgIpc) is 2.63. The SMILES string of the molecule is Cl.NCC(O)c1ccc2c(c1)OCO2. The number of halogens is 1. The Balaban J connectivity index is 0.000000980. The molecule has 0 radical (unpaired) electrons. The van der Waals surface area contributed by atoms with E-state index in [1.807, 2.05) is 0 Å². The topological polar surface area (TPSA) is 64.7 Å². The molecule has 1 aromatic rings. The van der Waals surface area contributed by atoms with Crippen LogP contribution in [0.1, 0.15) is 11.7 Å². The maximum absolute atomic E-state index is 9.44. The van der Waals surface area contributed by atoms with Crippen molar-refractivity contribution >= 4 is 12.4 Å². The van der Waals surface area contributed by atoms with Gasteiger partial charge in [-0.25, -0.2) is 0 Å². The second-order valence-electron chi connectivity index (χ2n) is 2.86. The van der Waals surface area contributed by atoms with Gasteiger partial charge in [0, 0.05) is 6.54 Å². The van der Waals surface area contributed by atoms with Gasteiger partial charge in [0.15, 0.2) is 11.5 Å². The molecule has 4 nitrogen and oxygen atoms in total. The molecule has 78 valence electrons. The van der Waals surface area contributed by atoms with E-state index in [-0.39, 0.29) is 25.7 Å². The molecule has 1 aromatic carbocycles. The molecule has 0 saturated carbocycles. The van der Waals surface area contributed by atoms with Crippen molar-refractivity contribution in [3.63, 3.8) is 0 Å². The smallest absolute Gasteiger partial charge is 0.231 e. The van der Waals surface area contributed by atoms with E-state index >= 15 is 0 Å². The molecule has 0 fully saturated rings. The van der Waals surface area contributed by atoms with Crippen LogP contribution in [0.5, 0.6) is 11.5 Å². The molecule has 1 atom stereocenters. The highest BCUT2D eigenvalue weighted by molar-refractivity contribution is 5.85. The highest BCUT2D eigenvalue weighted by atomic mass is 35.5. The summed E-state index contributed by atoms with van der Waals surface area (Å²) >= 11 is 0. The van der Waals surface area contributed by atoms with Gasteiger partial charge < -0.3 is 20.3 Å². The van der Waals surface area contributed by atoms with E-state index in [1.54, 1.807) is 18.2 Å². The summed E-state index contributed by atoms with van der Waals surface area (Å²) in [6.45, 7) is 0.456. The van der Waals surface area contributed by atoms with Crippen LogP contribution < -0.4 is 15.2 Å². The molecule has 0 amide bonds. The first kappa shape index (κ1) is 11.1. The number of rotatable bonds is 2. The fourth-order valence-corrected chi connectivity index (χ4v) is 1.26. The second-order valence-corrected chi connectivity index (χ2v) is 2.86. The van der Waals surface area contributed by atoms with Crippen LogP contribution in [0.3, 0.4) is 0 Å². The van der Waals surface area contributed by atoms with Crippen molar-refractivity contribution in [1.82, 2.24) is 0 Å². The summed E-state index contributed by atoms with van der Waals surface area (Å²) in [6.07, 6.45) is -0.630. The Morgan fingerprint density at radius 2 is 2.07 bits per heavy atom. The lowest BCUT2D eigenvalue weighted by atomic mass is 10.1. The molecule has 5 heteroatoms. The maximum Gasteiger partial charge on any atom is 0.231 e. The van der Waals surface area contributed by atoms with Gasteiger partial charge >= 0.3 is 0 Å². The lowest BCUT2D eigenvalue weighted by molar-refractivity contribution is 0.172. The zero-order valence-corrected chi connectivity index (χ0v) is 8.29. The minimum atomic E-state index is -0.630. The van der Waals surface area contributed by atoms with Gasteiger partial charge in [-0.15, -0.1) is 12.4 Å². The number of ether oxygens (including phenoxy) is 2. The molecule has 3 N–H and O–H groups in total. The summed E-state index contributed by atoms with van der Waals surface area (Å²) in [6, 6.07) is 5.31. The predicted octanol–water partition coefficient (Wildman–Crippen LogP) is 0.829. The Morgan fingerprint density at radius 1 is 1.36 bits per heavy atom. The van der Waals surface area contributed by atoms with Crippen LogP contribution in [0.25, 0.3) is 0 Å². The number of aliphatic hydroxyl groups is 1. The van der Waals surface area contributed by atoms with Crippen molar-refractivity contribution in [2.75, 3.05) is 13.3 Å². The molecule has 0 spiro atoms. The second kappa shape index (κ2) is 4.50. The Hall–Kier alpha value is -0.970. The normalized spacial score (nSPS) is 14.7. The molecule has 1 heterocycles. The average molecular weight is 218 g/mol. The number of fused-ring (bicyclic) bond motifs is 1. The summed E-state index contributed by atoms with van der Waals surface area (Å²) < 4.78 is 10.3. The Morgan fingerprint density at radius 3 is 2.79 bits per heavy atom. The van der Waals surface area contributed by atoms with Crippen molar-refractivity contribution in [3.8, 4) is 11.5 Å². The van der Waals surface area contributed by atoms with Crippen LogP contribution in [0.4, 0.5) is 0 Å². The molecule has 0 aliphatic carbocycles. The Bertz CT molecular complexity index is 319. The molecule has 14 heavy (non-hydrogen) atoms. The maximum atomic E-state index is 9.44. The van der Waals surface area contributed by atoms with Crippen molar-refractivity contribution in [3.05, 3.63) is 23.8 Å². The van der Waals surface area contributed by atoms with Crippen molar-refractivity contribution < 1.29 is 14.6 Å². The number of aliphatic hydroxyl groups excluding tert-OH is 1. The van der Waals surface area contributed by atoms with E-state index < -0.39 is 6.10 Å². The van der Waals surface area contributed by atoms with Crippen LogP contribution in [0, 0.1) is 0 Å². The minimum Gasteiger partial charge on any atom is -0.454 e. The number of nitrogens with two attached hydrogens (primary N) is 1. The Kier molecular flexibility index (Phi) is 3.57. The van der Waals surface area contributed by atoms with Gasteiger partial charge in [-0.1, -0.05) is 6.07 Å². The monoisotopic (exact) mass is 217 g/mol. The standard InChI is InChI=1S/C9H11NO3.ClH/c10-4-7(11)6-1-2-8-9(3-6)13-5-12-8;/h1-3,7,11H,4-5,10H2;1H. The number of hydrogen-bond donors (Lipinski definition) is 2. The third-order valence-electron chi connectivity index (χ3n) is 2.00. The zero-order chi connectivity index (χ0) is 9.26. The first-order chi connectivity index (χ1) is 6.31. The summed E-state index contributed by atoms with van der Waals surface area (Å²) in [7, 11) is 0. The van der Waals surface area contributed by atoms with Gasteiger partial charge in [-0.05, 0) is 17.7 Å². The van der Waals surface area contributed by atoms with Crippen molar-refractivity contribution in [2.24, 2.45) is 5.73 Å². The lowest BCUT2D eigenvalue weighted by Crippen LogP contribution is -2.11. The fraction of sp³-hybridized carbons (Fsp3) is 0.333. The molecule has 2 rings (SSSR count). The lowest BCUT2D eigenvalue weighted by Gasteiger charge is -2.07. The summed E-state index contributed by atoms with van der Waals surface area (Å²) in [5, 5.41) is 9.44. The minimum absolute atomic E-state index is 0. The third-order valence-corrected chi connectivity index (χ3v) is 2.00. The zero-order valence-electron chi connectivity index (χ0n) is 7.47. The third kappa shape index (κ3) is 1.92. The number of hydrogen-bond acceptors (Lipinski definition) is 4. The molecule has 1 aliphatic heterocycles. The molecular formula is C9H12ClNO3. The van der Waals surface area contributed by atoms with Gasteiger partial charge in [0.2, 0.25) is 6.79 Å². The predicted molar refractivity (Wildman–Crippen MR) is 53.8 cm³/mol. The van der Waals surface area contributed by atoms with Gasteiger partial charge in [0.05, 0.1) is 6.10 Å². The van der Waals surface area contributed by atoms with Crippen molar-refractivity contribution in [2.45, 2.75) is 6.10 Å². The van der Waals surface area contributed by atoms with E-state index in [0.29, 0.717) is 11.5 Å². The van der Waals surface area contributed by atoms with Gasteiger partial charge in [0.25, 0.3) is 0 Å². The molecule has 0 saturated heterocycles. The molecular weight excluding hydrogens is 206 g/mol. The van der Waals surface area contributed by atoms with E-state index in [1.165, 1.54) is 0 Å². The summed E-state index contributed by atoms with van der Waals surface area (Å²) in [5.41, 5.74) is 6.08. The highest BCUT2D eigenvalue weighted by Gasteiger charge is 2.15. The van der Waals surface area contributed by atoms with Crippen LogP contribution >= 0.6 is 12.4 Å². The van der Waals surface area contributed by atoms with Gasteiger partial charge in [-0.3, -0.25) is 0 Å². The van der Waals surface area contributed by atoms with Crippen molar-refractivity contribution in [1.29, 1.82) is 0 Å². The van der Waals surface area contributed by atoms with Crippen LogP contribution in [0.2, 0.25) is 0 Å². The first-order valence-electron chi connectivity index (χ1n) is 4.09. The molecule has 0 aromatic heterocycles. The van der Waals surface area contributed by atoms with E-state index in [2.05, 4.69) is 0 Å². The largest absolute Gasteiger partial charge is 0.454 e. The van der Waals surface area contributed by atoms with Gasteiger partial charge in [0.1, 0.15) is 0 Å². The molecule has 1 unspecified atom stereocenters. The summed E-state index contributed by atoms with van der Waals surface area (Å²) in [5.74, 6) is 1.39. The first-order valence-corrected chi connectivity index (χ1v) is 4.09. The van der Waals surface area contributed by atoms with E-state index in [4.69, 9.17) is 15.2 Å². The number of benzene rings is 1. The fourth-order valence-electron chi connectivity index (χ4n) is 1.26. The quantitative estimate of drug-likeness (QED) is 0.770. The van der Waals surface area contributed by atoms with Crippen LogP contribution in [0.15, 0.2) is 18.2 Å². The van der Waals surface area contributed by atoms with E-state index in [9.17, 15) is 5.11 Å². The molecule has 1 aliphatic rings. The molecule has 0 bridgehead atoms. The van der Waals surface area contributed by atoms with E-state index in [0.717, 1.165) is 5.56 Å². The van der Waals surface area contributed by atoms with Gasteiger partial charge in [-0.2, -0.15) is 0 Å². The Labute approximate surface area is 88.0 Å². The van der Waals surface area contributed by atoms with Crippen LogP contribution in [-0.4, -0.2) is 18.4 Å². The van der Waals surface area contributed by atoms with Crippen LogP contribution in [-0.2, 0) is 0 Å².